The van der Waals surface area contributed by atoms with E-state index in [2.05, 4.69) is 16.9 Å². The van der Waals surface area contributed by atoms with E-state index in [9.17, 15) is 0 Å². The van der Waals surface area contributed by atoms with Gasteiger partial charge >= 0.3 is 0 Å². The van der Waals surface area contributed by atoms with Gasteiger partial charge in [0.05, 0.1) is 18.1 Å². The maximum absolute atomic E-state index is 5.63. The molecule has 5 heteroatoms. The molecule has 78 valence electrons. The summed E-state index contributed by atoms with van der Waals surface area (Å²) in [5.74, 6) is 0.866. The Balaban J connectivity index is 2.34. The molecule has 0 aliphatic heterocycles. The summed E-state index contributed by atoms with van der Waals surface area (Å²) in [4.78, 5) is 8.13. The fraction of sp³-hybridized carbons (Fsp3) is 0.556. The van der Waals surface area contributed by atoms with Gasteiger partial charge in [0.2, 0.25) is 0 Å². The largest absolute Gasteiger partial charge is 0.330 e. The summed E-state index contributed by atoms with van der Waals surface area (Å²) in [6.07, 6.45) is 4.32. The van der Waals surface area contributed by atoms with E-state index in [1.165, 1.54) is 0 Å². The molecule has 1 atom stereocenters. The molecule has 0 aliphatic rings. The van der Waals surface area contributed by atoms with Crippen molar-refractivity contribution in [2.24, 2.45) is 5.73 Å². The van der Waals surface area contributed by atoms with Crippen molar-refractivity contribution in [2.75, 3.05) is 6.54 Å². The molecule has 2 N–H and O–H groups in total. The molecule has 0 saturated carbocycles. The highest BCUT2D eigenvalue weighted by molar-refractivity contribution is 7.99. The second-order valence-electron chi connectivity index (χ2n) is 3.03. The lowest BCUT2D eigenvalue weighted by Gasteiger charge is -2.08. The first-order valence-corrected chi connectivity index (χ1v) is 5.93. The Morgan fingerprint density at radius 1 is 1.50 bits per heavy atom. The highest BCUT2D eigenvalue weighted by atomic mass is 35.5. The molecule has 0 amide bonds. The first kappa shape index (κ1) is 11.8. The van der Waals surface area contributed by atoms with Crippen LogP contribution in [0.15, 0.2) is 12.4 Å². The lowest BCUT2D eigenvalue weighted by atomic mass is 10.3. The Morgan fingerprint density at radius 3 is 2.86 bits per heavy atom. The van der Waals surface area contributed by atoms with Crippen LogP contribution in [-0.4, -0.2) is 21.8 Å². The third kappa shape index (κ3) is 4.26. The fourth-order valence-electron chi connectivity index (χ4n) is 0.959. The van der Waals surface area contributed by atoms with Crippen LogP contribution < -0.4 is 5.73 Å². The van der Waals surface area contributed by atoms with Gasteiger partial charge in [-0.15, -0.1) is 0 Å². The average molecular weight is 232 g/mol. The van der Waals surface area contributed by atoms with Crippen LogP contribution in [0.1, 0.15) is 19.0 Å². The molecule has 1 heterocycles. The molecule has 1 rings (SSSR count). The predicted octanol–water partition coefficient (Wildman–Crippen LogP) is 2.10. The first-order chi connectivity index (χ1) is 6.72. The van der Waals surface area contributed by atoms with E-state index in [0.29, 0.717) is 10.4 Å². The topological polar surface area (TPSA) is 51.8 Å². The Labute approximate surface area is 93.5 Å². The number of hydrogen-bond donors (Lipinski definition) is 1. The van der Waals surface area contributed by atoms with Gasteiger partial charge in [-0.05, 0) is 13.0 Å². The summed E-state index contributed by atoms with van der Waals surface area (Å²) in [6, 6.07) is 0. The highest BCUT2D eigenvalue weighted by Crippen LogP contribution is 2.18. The molecule has 0 aromatic carbocycles. The molecule has 0 radical (unpaired) electrons. The normalized spacial score (nSPS) is 12.8. The number of thioether (sulfide) groups is 1. The smallest absolute Gasteiger partial charge is 0.147 e. The number of aromatic nitrogens is 2. The van der Waals surface area contributed by atoms with Crippen molar-refractivity contribution in [1.29, 1.82) is 0 Å². The van der Waals surface area contributed by atoms with Gasteiger partial charge in [-0.3, -0.25) is 4.98 Å². The van der Waals surface area contributed by atoms with Gasteiger partial charge in [-0.1, -0.05) is 18.5 Å². The zero-order valence-corrected chi connectivity index (χ0v) is 9.68. The number of hydrogen-bond acceptors (Lipinski definition) is 4. The van der Waals surface area contributed by atoms with Crippen LogP contribution in [0.3, 0.4) is 0 Å². The van der Waals surface area contributed by atoms with Crippen LogP contribution in [0.25, 0.3) is 0 Å². The van der Waals surface area contributed by atoms with Gasteiger partial charge in [0.25, 0.3) is 0 Å². The van der Waals surface area contributed by atoms with E-state index in [0.717, 1.165) is 24.4 Å². The molecule has 0 saturated heterocycles. The average Bonchev–Trinajstić information content (AvgIpc) is 2.17. The summed E-state index contributed by atoms with van der Waals surface area (Å²) in [6.45, 7) is 2.90. The molecular weight excluding hydrogens is 218 g/mol. The minimum atomic E-state index is 0.439. The minimum Gasteiger partial charge on any atom is -0.330 e. The zero-order valence-electron chi connectivity index (χ0n) is 8.11. The van der Waals surface area contributed by atoms with Gasteiger partial charge in [-0.2, -0.15) is 11.8 Å². The van der Waals surface area contributed by atoms with Crippen molar-refractivity contribution in [1.82, 2.24) is 9.97 Å². The Bertz CT molecular complexity index is 265. The van der Waals surface area contributed by atoms with Crippen molar-refractivity contribution in [2.45, 2.75) is 24.3 Å². The van der Waals surface area contributed by atoms with E-state index in [-0.39, 0.29) is 0 Å². The van der Waals surface area contributed by atoms with Crippen LogP contribution in [0.5, 0.6) is 0 Å². The molecule has 1 aromatic heterocycles. The maximum Gasteiger partial charge on any atom is 0.147 e. The van der Waals surface area contributed by atoms with Gasteiger partial charge in [0, 0.05) is 11.0 Å². The standard InChI is InChI=1S/C9H14ClN3S/c1-7(2-3-11)14-6-8-4-13-9(10)5-12-8/h4-5,7H,2-3,6,11H2,1H3. The third-order valence-electron chi connectivity index (χ3n) is 1.76. The van der Waals surface area contributed by atoms with Crippen LogP contribution in [0, 0.1) is 0 Å². The summed E-state index contributed by atoms with van der Waals surface area (Å²) in [7, 11) is 0. The summed E-state index contributed by atoms with van der Waals surface area (Å²) >= 11 is 7.46. The molecule has 14 heavy (non-hydrogen) atoms. The molecule has 3 nitrogen and oxygen atoms in total. The Kier molecular flexibility index (Phi) is 5.22. The molecule has 1 aromatic rings. The van der Waals surface area contributed by atoms with Gasteiger partial charge in [0.1, 0.15) is 5.15 Å². The lowest BCUT2D eigenvalue weighted by Crippen LogP contribution is -2.07. The summed E-state index contributed by atoms with van der Waals surface area (Å²) in [5.41, 5.74) is 6.42. The van der Waals surface area contributed by atoms with Crippen molar-refractivity contribution in [3.63, 3.8) is 0 Å². The third-order valence-corrected chi connectivity index (χ3v) is 3.23. The SMILES string of the molecule is CC(CCN)SCc1cnc(Cl)cn1. The van der Waals surface area contributed by atoms with Crippen LogP contribution in [-0.2, 0) is 5.75 Å². The van der Waals surface area contributed by atoms with Crippen molar-refractivity contribution in [3.8, 4) is 0 Å². The van der Waals surface area contributed by atoms with Crippen LogP contribution in [0.4, 0.5) is 0 Å². The van der Waals surface area contributed by atoms with Crippen LogP contribution in [0.2, 0.25) is 5.15 Å². The Hall–Kier alpha value is -0.320. The van der Waals surface area contributed by atoms with E-state index >= 15 is 0 Å². The zero-order chi connectivity index (χ0) is 10.4. The van der Waals surface area contributed by atoms with Crippen LogP contribution >= 0.6 is 23.4 Å². The molecule has 0 bridgehead atoms. The highest BCUT2D eigenvalue weighted by Gasteiger charge is 2.02. The first-order valence-electron chi connectivity index (χ1n) is 4.50. The quantitative estimate of drug-likeness (QED) is 0.843. The summed E-state index contributed by atoms with van der Waals surface area (Å²) in [5, 5.41) is 1.01. The fourth-order valence-corrected chi connectivity index (χ4v) is 1.96. The number of nitrogens with zero attached hydrogens (tertiary/aromatic N) is 2. The molecule has 1 unspecified atom stereocenters. The molecule has 0 aliphatic carbocycles. The molecular formula is C9H14ClN3S. The van der Waals surface area contributed by atoms with Gasteiger partial charge in [-0.25, -0.2) is 4.98 Å². The number of rotatable bonds is 5. The van der Waals surface area contributed by atoms with Crippen molar-refractivity contribution in [3.05, 3.63) is 23.2 Å². The second kappa shape index (κ2) is 6.22. The Morgan fingerprint density at radius 2 is 2.29 bits per heavy atom. The van der Waals surface area contributed by atoms with Gasteiger partial charge < -0.3 is 5.73 Å². The van der Waals surface area contributed by atoms with E-state index in [1.807, 2.05) is 11.8 Å². The number of nitrogens with two attached hydrogens (primary N) is 1. The second-order valence-corrected chi connectivity index (χ2v) is 4.84. The summed E-state index contributed by atoms with van der Waals surface area (Å²) < 4.78 is 0. The van der Waals surface area contributed by atoms with Crippen molar-refractivity contribution >= 4 is 23.4 Å². The number of halogens is 1. The van der Waals surface area contributed by atoms with E-state index < -0.39 is 0 Å². The predicted molar refractivity (Wildman–Crippen MR) is 61.5 cm³/mol. The molecule has 0 fully saturated rings. The van der Waals surface area contributed by atoms with E-state index in [4.69, 9.17) is 17.3 Å². The lowest BCUT2D eigenvalue weighted by molar-refractivity contribution is 0.822. The maximum atomic E-state index is 5.63. The van der Waals surface area contributed by atoms with Gasteiger partial charge in [0.15, 0.2) is 0 Å². The minimum absolute atomic E-state index is 0.439. The monoisotopic (exact) mass is 231 g/mol. The van der Waals surface area contributed by atoms with Crippen molar-refractivity contribution < 1.29 is 0 Å². The van der Waals surface area contributed by atoms with E-state index in [1.54, 1.807) is 12.4 Å². The molecule has 0 spiro atoms.